The third-order valence-electron chi connectivity index (χ3n) is 3.15. The van der Waals surface area contributed by atoms with E-state index >= 15 is 0 Å². The van der Waals surface area contributed by atoms with Crippen LogP contribution < -0.4 is 5.32 Å². The molecule has 0 atom stereocenters. The Balaban J connectivity index is 1.54. The summed E-state index contributed by atoms with van der Waals surface area (Å²) in [4.78, 5) is 25.0. The van der Waals surface area contributed by atoms with Crippen LogP contribution in [0.2, 0.25) is 0 Å². The maximum atomic E-state index is 12.0. The number of aryl methyl sites for hydroxylation is 1. The monoisotopic (exact) mass is 362 g/mol. The summed E-state index contributed by atoms with van der Waals surface area (Å²) in [5, 5.41) is 16.3. The molecular weight excluding hydrogens is 348 g/mol. The lowest BCUT2D eigenvalue weighted by Gasteiger charge is -2.05. The third-order valence-corrected chi connectivity index (χ3v) is 4.96. The zero-order chi connectivity index (χ0) is 16.9. The van der Waals surface area contributed by atoms with E-state index in [1.807, 2.05) is 17.5 Å². The standard InChI is InChI=1S/C14H14N6O2S2/c1-19-6-2-5-11(19)13(22)15-12(21)9-24-14-16-17-18-20(14)8-10-4-3-7-23-10/h2-7H,8-9H2,1H3,(H,15,21,22). The molecule has 0 spiro atoms. The fourth-order valence-electron chi connectivity index (χ4n) is 2.00. The van der Waals surface area contributed by atoms with E-state index < -0.39 is 11.8 Å². The van der Waals surface area contributed by atoms with Crippen LogP contribution in [0.4, 0.5) is 0 Å². The van der Waals surface area contributed by atoms with E-state index in [1.54, 1.807) is 46.0 Å². The van der Waals surface area contributed by atoms with Crippen molar-refractivity contribution in [2.75, 3.05) is 5.75 Å². The summed E-state index contributed by atoms with van der Waals surface area (Å²) < 4.78 is 3.28. The molecule has 2 amide bonds. The lowest BCUT2D eigenvalue weighted by atomic mass is 10.4. The number of hydrogen-bond acceptors (Lipinski definition) is 7. The molecule has 0 aliphatic heterocycles. The highest BCUT2D eigenvalue weighted by Crippen LogP contribution is 2.16. The molecule has 0 saturated heterocycles. The van der Waals surface area contributed by atoms with Crippen molar-refractivity contribution in [2.24, 2.45) is 7.05 Å². The summed E-state index contributed by atoms with van der Waals surface area (Å²) in [6.45, 7) is 0.552. The predicted molar refractivity (Wildman–Crippen MR) is 89.8 cm³/mol. The summed E-state index contributed by atoms with van der Waals surface area (Å²) in [6.07, 6.45) is 1.74. The summed E-state index contributed by atoms with van der Waals surface area (Å²) in [6, 6.07) is 7.34. The first-order chi connectivity index (χ1) is 11.6. The van der Waals surface area contributed by atoms with Gasteiger partial charge >= 0.3 is 0 Å². The number of rotatable bonds is 6. The zero-order valence-corrected chi connectivity index (χ0v) is 14.4. The maximum absolute atomic E-state index is 12.0. The van der Waals surface area contributed by atoms with E-state index in [1.165, 1.54) is 11.8 Å². The van der Waals surface area contributed by atoms with Gasteiger partial charge in [-0.15, -0.1) is 16.4 Å². The van der Waals surface area contributed by atoms with Gasteiger partial charge in [0.15, 0.2) is 0 Å². The molecule has 0 bridgehead atoms. The molecule has 3 heterocycles. The van der Waals surface area contributed by atoms with Crippen LogP contribution in [0.25, 0.3) is 0 Å². The van der Waals surface area contributed by atoms with Crippen molar-refractivity contribution in [2.45, 2.75) is 11.7 Å². The Hall–Kier alpha value is -2.46. The van der Waals surface area contributed by atoms with Gasteiger partial charge in [0.25, 0.3) is 5.91 Å². The van der Waals surface area contributed by atoms with Gasteiger partial charge in [0, 0.05) is 18.1 Å². The molecule has 0 fully saturated rings. The number of carbonyl (C=O) groups excluding carboxylic acids is 2. The zero-order valence-electron chi connectivity index (χ0n) is 12.7. The first kappa shape index (κ1) is 16.4. The molecule has 124 valence electrons. The lowest BCUT2D eigenvalue weighted by Crippen LogP contribution is -2.33. The molecule has 8 nitrogen and oxygen atoms in total. The molecule has 1 N–H and O–H groups in total. The van der Waals surface area contributed by atoms with Crippen molar-refractivity contribution in [3.05, 3.63) is 46.4 Å². The van der Waals surface area contributed by atoms with Crippen LogP contribution >= 0.6 is 23.1 Å². The largest absolute Gasteiger partial charge is 0.347 e. The van der Waals surface area contributed by atoms with Crippen LogP contribution in [0.3, 0.4) is 0 Å². The minimum atomic E-state index is -0.425. The van der Waals surface area contributed by atoms with E-state index in [4.69, 9.17) is 0 Å². The van der Waals surface area contributed by atoms with Crippen LogP contribution in [-0.4, -0.2) is 42.3 Å². The molecule has 0 radical (unpaired) electrons. The Morgan fingerprint density at radius 1 is 1.33 bits per heavy atom. The van der Waals surface area contributed by atoms with E-state index in [0.717, 1.165) is 4.88 Å². The van der Waals surface area contributed by atoms with Crippen molar-refractivity contribution in [1.82, 2.24) is 30.1 Å². The molecule has 3 rings (SSSR count). The number of hydrogen-bond donors (Lipinski definition) is 1. The van der Waals surface area contributed by atoms with Crippen molar-refractivity contribution < 1.29 is 9.59 Å². The van der Waals surface area contributed by atoms with Crippen molar-refractivity contribution >= 4 is 34.9 Å². The quantitative estimate of drug-likeness (QED) is 0.662. The molecule has 24 heavy (non-hydrogen) atoms. The van der Waals surface area contributed by atoms with Crippen molar-refractivity contribution in [3.8, 4) is 0 Å². The van der Waals surface area contributed by atoms with Gasteiger partial charge in [0.1, 0.15) is 5.69 Å². The minimum Gasteiger partial charge on any atom is -0.347 e. The number of carbonyl (C=O) groups is 2. The van der Waals surface area contributed by atoms with Crippen molar-refractivity contribution in [1.29, 1.82) is 0 Å². The van der Waals surface area contributed by atoms with Crippen molar-refractivity contribution in [3.63, 3.8) is 0 Å². The molecule has 3 aromatic rings. The summed E-state index contributed by atoms with van der Waals surface area (Å²) in [7, 11) is 1.74. The topological polar surface area (TPSA) is 94.7 Å². The van der Waals surface area contributed by atoms with Crippen LogP contribution in [0.15, 0.2) is 41.0 Å². The highest BCUT2D eigenvalue weighted by Gasteiger charge is 2.15. The average molecular weight is 362 g/mol. The molecule has 0 saturated carbocycles. The van der Waals surface area contributed by atoms with Crippen LogP contribution in [0, 0.1) is 0 Å². The predicted octanol–water partition coefficient (Wildman–Crippen LogP) is 1.17. The lowest BCUT2D eigenvalue weighted by molar-refractivity contribution is -0.117. The molecule has 0 aliphatic carbocycles. The minimum absolute atomic E-state index is 0.0565. The molecule has 0 aromatic carbocycles. The second-order valence-electron chi connectivity index (χ2n) is 4.87. The maximum Gasteiger partial charge on any atom is 0.274 e. The smallest absolute Gasteiger partial charge is 0.274 e. The first-order valence-corrected chi connectivity index (χ1v) is 8.87. The number of imide groups is 1. The van der Waals surface area contributed by atoms with E-state index in [2.05, 4.69) is 20.8 Å². The highest BCUT2D eigenvalue weighted by molar-refractivity contribution is 7.99. The number of nitrogens with zero attached hydrogens (tertiary/aromatic N) is 5. The van der Waals surface area contributed by atoms with E-state index in [9.17, 15) is 9.59 Å². The number of nitrogens with one attached hydrogen (secondary N) is 1. The first-order valence-electron chi connectivity index (χ1n) is 7.00. The molecule has 0 aliphatic rings. The van der Waals surface area contributed by atoms with Crippen LogP contribution in [0.1, 0.15) is 15.4 Å². The van der Waals surface area contributed by atoms with Crippen LogP contribution in [0.5, 0.6) is 0 Å². The van der Waals surface area contributed by atoms with Gasteiger partial charge in [0.05, 0.1) is 12.3 Å². The summed E-state index contributed by atoms with van der Waals surface area (Å²) >= 11 is 2.80. The van der Waals surface area contributed by atoms with Gasteiger partial charge in [-0.25, -0.2) is 4.68 Å². The fourth-order valence-corrected chi connectivity index (χ4v) is 3.37. The van der Waals surface area contributed by atoms with Gasteiger partial charge in [0.2, 0.25) is 11.1 Å². The SMILES string of the molecule is Cn1cccc1C(=O)NC(=O)CSc1nnnn1Cc1cccs1. The summed E-state index contributed by atoms with van der Waals surface area (Å²) in [5.41, 5.74) is 0.427. The number of aromatic nitrogens is 5. The van der Waals surface area contributed by atoms with E-state index in [-0.39, 0.29) is 5.75 Å². The Morgan fingerprint density at radius 2 is 2.21 bits per heavy atom. The number of thioether (sulfide) groups is 1. The second kappa shape index (κ2) is 7.41. The Bertz CT molecular complexity index is 839. The normalized spacial score (nSPS) is 10.7. The Labute approximate surface area is 145 Å². The third kappa shape index (κ3) is 3.89. The van der Waals surface area contributed by atoms with E-state index in [0.29, 0.717) is 17.4 Å². The summed E-state index contributed by atoms with van der Waals surface area (Å²) in [5.74, 6) is -0.760. The average Bonchev–Trinajstić information content (AvgIpc) is 3.28. The van der Waals surface area contributed by atoms with Gasteiger partial charge < -0.3 is 4.57 Å². The fraction of sp³-hybridized carbons (Fsp3) is 0.214. The second-order valence-corrected chi connectivity index (χ2v) is 6.84. The Morgan fingerprint density at radius 3 is 2.92 bits per heavy atom. The molecular formula is C14H14N6O2S2. The van der Waals surface area contributed by atoms with Gasteiger partial charge in [-0.3, -0.25) is 14.9 Å². The molecule has 10 heteroatoms. The molecule has 0 unspecified atom stereocenters. The highest BCUT2D eigenvalue weighted by atomic mass is 32.2. The van der Waals surface area contributed by atoms with Gasteiger partial charge in [-0.05, 0) is 34.0 Å². The molecule has 3 aromatic heterocycles. The van der Waals surface area contributed by atoms with Gasteiger partial charge in [-0.2, -0.15) is 0 Å². The number of amides is 2. The Kier molecular flexibility index (Phi) is 5.06. The van der Waals surface area contributed by atoms with Gasteiger partial charge in [-0.1, -0.05) is 17.8 Å². The van der Waals surface area contributed by atoms with Crippen LogP contribution in [-0.2, 0) is 18.4 Å². The number of tetrazole rings is 1. The number of thiophene rings is 1.